The first kappa shape index (κ1) is 33.8. The monoisotopic (exact) mass is 697 g/mol. The lowest BCUT2D eigenvalue weighted by molar-refractivity contribution is -0.140. The van der Waals surface area contributed by atoms with Crippen molar-refractivity contribution in [1.82, 2.24) is 10.2 Å². The molecule has 11 heteroatoms. The van der Waals surface area contributed by atoms with Gasteiger partial charge in [-0.15, -0.1) is 0 Å². The summed E-state index contributed by atoms with van der Waals surface area (Å²) in [6, 6.07) is 27.7. The van der Waals surface area contributed by atoms with Crippen molar-refractivity contribution >= 4 is 62.3 Å². The van der Waals surface area contributed by atoms with E-state index in [-0.39, 0.29) is 45.5 Å². The number of nitrogens with one attached hydrogen (secondary N) is 1. The van der Waals surface area contributed by atoms with Crippen LogP contribution in [0.3, 0.4) is 0 Å². The third-order valence-corrected chi connectivity index (χ3v) is 10.6. The molecule has 0 aliphatic heterocycles. The lowest BCUT2D eigenvalue weighted by Crippen LogP contribution is -2.54. The molecule has 5 rings (SSSR count). The van der Waals surface area contributed by atoms with E-state index in [2.05, 4.69) is 5.32 Å². The normalized spacial score (nSPS) is 14.1. The Hall–Kier alpha value is -3.56. The van der Waals surface area contributed by atoms with Gasteiger partial charge in [0.05, 0.1) is 15.6 Å². The second-order valence-electron chi connectivity index (χ2n) is 11.3. The molecule has 240 valence electrons. The molecule has 0 aromatic heterocycles. The Balaban J connectivity index is 1.58. The van der Waals surface area contributed by atoms with E-state index in [0.717, 1.165) is 35.6 Å². The molecule has 0 heterocycles. The number of benzene rings is 4. The van der Waals surface area contributed by atoms with Crippen molar-refractivity contribution < 1.29 is 18.0 Å². The highest BCUT2D eigenvalue weighted by atomic mass is 35.5. The topological polar surface area (TPSA) is 86.8 Å². The van der Waals surface area contributed by atoms with E-state index >= 15 is 0 Å². The summed E-state index contributed by atoms with van der Waals surface area (Å²) in [5.74, 6) is -0.901. The molecule has 2 amide bonds. The van der Waals surface area contributed by atoms with Crippen molar-refractivity contribution in [3.63, 3.8) is 0 Å². The van der Waals surface area contributed by atoms with Crippen molar-refractivity contribution in [2.45, 2.75) is 55.6 Å². The fourth-order valence-electron chi connectivity index (χ4n) is 5.66. The molecule has 1 N–H and O–H groups in total. The molecule has 0 saturated heterocycles. The maximum Gasteiger partial charge on any atom is 0.264 e. The van der Waals surface area contributed by atoms with Crippen molar-refractivity contribution in [2.75, 3.05) is 10.8 Å². The molecule has 0 radical (unpaired) electrons. The molecule has 1 aliphatic carbocycles. The van der Waals surface area contributed by atoms with Gasteiger partial charge in [0.25, 0.3) is 10.0 Å². The van der Waals surface area contributed by atoms with Crippen molar-refractivity contribution in [1.29, 1.82) is 0 Å². The summed E-state index contributed by atoms with van der Waals surface area (Å²) < 4.78 is 29.2. The predicted molar refractivity (Wildman–Crippen MR) is 184 cm³/mol. The molecule has 7 nitrogen and oxygen atoms in total. The van der Waals surface area contributed by atoms with Gasteiger partial charge in [-0.05, 0) is 66.4 Å². The summed E-state index contributed by atoms with van der Waals surface area (Å²) in [5.41, 5.74) is 1.58. The third kappa shape index (κ3) is 8.42. The van der Waals surface area contributed by atoms with Crippen LogP contribution < -0.4 is 9.62 Å². The summed E-state index contributed by atoms with van der Waals surface area (Å²) >= 11 is 19.2. The van der Waals surface area contributed by atoms with Crippen LogP contribution in [-0.4, -0.2) is 43.8 Å². The smallest absolute Gasteiger partial charge is 0.264 e. The van der Waals surface area contributed by atoms with Gasteiger partial charge < -0.3 is 10.2 Å². The Morgan fingerprint density at radius 1 is 0.783 bits per heavy atom. The summed E-state index contributed by atoms with van der Waals surface area (Å²) in [5, 5.41) is 3.97. The SMILES string of the molecule is O=C(NC1CCCC1)[C@H](Cc1ccccc1)N(Cc1cccc(Cl)c1)C(=O)CN(c1cc(Cl)ccc1Cl)S(=O)(=O)c1ccccc1. The lowest BCUT2D eigenvalue weighted by atomic mass is 10.0. The van der Waals surface area contributed by atoms with Gasteiger partial charge in [-0.1, -0.05) is 108 Å². The minimum atomic E-state index is -4.30. The van der Waals surface area contributed by atoms with Gasteiger partial charge in [0.15, 0.2) is 0 Å². The van der Waals surface area contributed by atoms with Crippen LogP contribution in [0.1, 0.15) is 36.8 Å². The molecular formula is C35H34Cl3N3O4S. The average Bonchev–Trinajstić information content (AvgIpc) is 3.56. The summed E-state index contributed by atoms with van der Waals surface area (Å²) in [7, 11) is -4.30. The molecule has 1 aliphatic rings. The van der Waals surface area contributed by atoms with E-state index < -0.39 is 28.5 Å². The van der Waals surface area contributed by atoms with E-state index in [9.17, 15) is 18.0 Å². The van der Waals surface area contributed by atoms with Crippen LogP contribution in [-0.2, 0) is 32.6 Å². The molecule has 4 aromatic rings. The number of halogens is 3. The number of hydrogen-bond donors (Lipinski definition) is 1. The van der Waals surface area contributed by atoms with Gasteiger partial charge in [0.1, 0.15) is 12.6 Å². The molecule has 1 fully saturated rings. The summed E-state index contributed by atoms with van der Waals surface area (Å²) in [4.78, 5) is 30.1. The molecular weight excluding hydrogens is 665 g/mol. The highest BCUT2D eigenvalue weighted by molar-refractivity contribution is 7.92. The van der Waals surface area contributed by atoms with Gasteiger partial charge in [-0.25, -0.2) is 8.42 Å². The average molecular weight is 699 g/mol. The van der Waals surface area contributed by atoms with Gasteiger partial charge in [-0.2, -0.15) is 0 Å². The standard InChI is InChI=1S/C35H34Cl3N3O4S/c36-27-13-9-12-26(20-27)23-40(33(21-25-10-3-1-4-11-25)35(43)39-29-14-7-8-15-29)34(42)24-41(32-22-28(37)18-19-31(32)38)46(44,45)30-16-5-2-6-17-30/h1-6,9-13,16-20,22,29,33H,7-8,14-15,21,23-24H2,(H,39,43)/t33-/m0/s1. The number of sulfonamides is 1. The maximum absolute atomic E-state index is 14.6. The quantitative estimate of drug-likeness (QED) is 0.166. The van der Waals surface area contributed by atoms with Crippen LogP contribution in [0, 0.1) is 0 Å². The summed E-state index contributed by atoms with van der Waals surface area (Å²) in [6.07, 6.45) is 3.98. The molecule has 4 aromatic carbocycles. The minimum absolute atomic E-state index is 0.00844. The van der Waals surface area contributed by atoms with Crippen molar-refractivity contribution in [2.24, 2.45) is 0 Å². The zero-order chi connectivity index (χ0) is 32.7. The number of carbonyl (C=O) groups is 2. The molecule has 1 saturated carbocycles. The van der Waals surface area contributed by atoms with Crippen LogP contribution in [0.4, 0.5) is 5.69 Å². The Labute approximate surface area is 285 Å². The maximum atomic E-state index is 14.6. The second kappa shape index (κ2) is 15.4. The zero-order valence-corrected chi connectivity index (χ0v) is 28.1. The third-order valence-electron chi connectivity index (χ3n) is 8.00. The Morgan fingerprint density at radius 2 is 1.41 bits per heavy atom. The fourth-order valence-corrected chi connectivity index (χ4v) is 7.76. The van der Waals surface area contributed by atoms with Crippen molar-refractivity contribution in [3.05, 3.63) is 129 Å². The van der Waals surface area contributed by atoms with E-state index in [1.165, 1.54) is 35.2 Å². The number of nitrogens with zero attached hydrogens (tertiary/aromatic N) is 2. The molecule has 0 unspecified atom stereocenters. The number of hydrogen-bond acceptors (Lipinski definition) is 4. The van der Waals surface area contributed by atoms with Gasteiger partial charge in [-0.3, -0.25) is 13.9 Å². The first-order chi connectivity index (χ1) is 22.1. The van der Waals surface area contributed by atoms with Crippen LogP contribution in [0.5, 0.6) is 0 Å². The molecule has 0 spiro atoms. The van der Waals surface area contributed by atoms with Gasteiger partial charge in [0, 0.05) is 29.1 Å². The van der Waals surface area contributed by atoms with Crippen LogP contribution in [0.2, 0.25) is 15.1 Å². The Bertz CT molecular complexity index is 1770. The van der Waals surface area contributed by atoms with E-state index in [4.69, 9.17) is 34.8 Å². The number of carbonyl (C=O) groups excluding carboxylic acids is 2. The zero-order valence-electron chi connectivity index (χ0n) is 25.0. The van der Waals surface area contributed by atoms with Crippen molar-refractivity contribution in [3.8, 4) is 0 Å². The highest BCUT2D eigenvalue weighted by Gasteiger charge is 2.36. The van der Waals surface area contributed by atoms with Crippen LogP contribution >= 0.6 is 34.8 Å². The van der Waals surface area contributed by atoms with E-state index in [1.54, 1.807) is 36.4 Å². The Kier molecular flexibility index (Phi) is 11.3. The second-order valence-corrected chi connectivity index (χ2v) is 14.4. The first-order valence-electron chi connectivity index (χ1n) is 15.0. The predicted octanol–water partition coefficient (Wildman–Crippen LogP) is 7.54. The van der Waals surface area contributed by atoms with E-state index in [1.807, 2.05) is 36.4 Å². The van der Waals surface area contributed by atoms with E-state index in [0.29, 0.717) is 10.6 Å². The fraction of sp³-hybridized carbons (Fsp3) is 0.257. The van der Waals surface area contributed by atoms with Gasteiger partial charge >= 0.3 is 0 Å². The van der Waals surface area contributed by atoms with Gasteiger partial charge in [0.2, 0.25) is 11.8 Å². The van der Waals surface area contributed by atoms with Crippen LogP contribution in [0.25, 0.3) is 0 Å². The molecule has 1 atom stereocenters. The Morgan fingerprint density at radius 3 is 2.09 bits per heavy atom. The lowest BCUT2D eigenvalue weighted by Gasteiger charge is -2.34. The minimum Gasteiger partial charge on any atom is -0.352 e. The largest absolute Gasteiger partial charge is 0.352 e. The summed E-state index contributed by atoms with van der Waals surface area (Å²) in [6.45, 7) is -0.628. The number of rotatable bonds is 12. The molecule has 0 bridgehead atoms. The number of amides is 2. The first-order valence-corrected chi connectivity index (χ1v) is 17.6. The van der Waals surface area contributed by atoms with Crippen LogP contribution in [0.15, 0.2) is 108 Å². The molecule has 46 heavy (non-hydrogen) atoms. The number of anilines is 1. The highest BCUT2D eigenvalue weighted by Crippen LogP contribution is 2.33.